The number of aromatic nitrogens is 2. The second kappa shape index (κ2) is 5.81. The molecule has 1 amide bonds. The number of fused-ring (bicyclic) bond motifs is 1. The van der Waals surface area contributed by atoms with E-state index in [1.165, 1.54) is 4.68 Å². The highest BCUT2D eigenvalue weighted by Gasteiger charge is 2.18. The summed E-state index contributed by atoms with van der Waals surface area (Å²) in [5, 5.41) is 4.91. The number of carbonyl (C=O) groups excluding carboxylic acids is 1. The molecule has 0 bridgehead atoms. The van der Waals surface area contributed by atoms with E-state index in [-0.39, 0.29) is 11.4 Å². The lowest BCUT2D eigenvalue weighted by Crippen LogP contribution is -2.33. The van der Waals surface area contributed by atoms with E-state index in [0.717, 1.165) is 35.2 Å². The van der Waals surface area contributed by atoms with E-state index in [4.69, 9.17) is 0 Å². The normalized spacial score (nSPS) is 11.5. The molecule has 1 N–H and O–H groups in total. The molecule has 118 valence electrons. The van der Waals surface area contributed by atoms with Crippen molar-refractivity contribution in [3.05, 3.63) is 60.5 Å². The van der Waals surface area contributed by atoms with Crippen molar-refractivity contribution in [3.63, 3.8) is 0 Å². The van der Waals surface area contributed by atoms with Gasteiger partial charge < -0.3 is 0 Å². The van der Waals surface area contributed by atoms with Crippen LogP contribution >= 0.6 is 0 Å². The van der Waals surface area contributed by atoms with Crippen LogP contribution in [0.5, 0.6) is 0 Å². The van der Waals surface area contributed by atoms with Gasteiger partial charge in [0.15, 0.2) is 0 Å². The van der Waals surface area contributed by atoms with E-state index in [0.29, 0.717) is 0 Å². The number of nitrogens with one attached hydrogen (secondary N) is 1. The van der Waals surface area contributed by atoms with Gasteiger partial charge in [0.25, 0.3) is 15.9 Å². The average molecular weight is 333 g/mol. The number of carbonyl (C=O) groups is 1. The Balaban J connectivity index is 1.77. The molecule has 0 aliphatic carbocycles. The molecule has 0 saturated heterocycles. The molecular weight excluding hydrogens is 321 g/mol. The first-order valence-corrected chi connectivity index (χ1v) is 8.16. The number of rotatable bonds is 4. The Morgan fingerprint density at radius 3 is 2.57 bits per heavy atom. The third-order valence-electron chi connectivity index (χ3n) is 3.22. The summed E-state index contributed by atoms with van der Waals surface area (Å²) in [6, 6.07) is 11.5. The van der Waals surface area contributed by atoms with Crippen molar-refractivity contribution in [1.82, 2.24) is 14.5 Å². The van der Waals surface area contributed by atoms with Gasteiger partial charge in [0.2, 0.25) is 0 Å². The number of benzene rings is 2. The summed E-state index contributed by atoms with van der Waals surface area (Å²) in [7, 11) is -4.04. The zero-order valence-electron chi connectivity index (χ0n) is 11.8. The molecule has 1 heterocycles. The Bertz CT molecular complexity index is 965. The smallest absolute Gasteiger partial charge is 0.264 e. The Morgan fingerprint density at radius 1 is 1.13 bits per heavy atom. The molecule has 0 aliphatic rings. The minimum Gasteiger partial charge on any atom is -0.272 e. The maximum atomic E-state index is 12.8. The van der Waals surface area contributed by atoms with Gasteiger partial charge in [-0.15, -0.1) is 0 Å². The summed E-state index contributed by atoms with van der Waals surface area (Å²) >= 11 is 0. The topological polar surface area (TPSA) is 81.1 Å². The van der Waals surface area contributed by atoms with Gasteiger partial charge in [-0.05, 0) is 30.3 Å². The quantitative estimate of drug-likeness (QED) is 0.788. The molecule has 6 nitrogen and oxygen atoms in total. The predicted octanol–water partition coefficient (Wildman–Crippen LogP) is 1.68. The molecule has 3 aromatic rings. The largest absolute Gasteiger partial charge is 0.272 e. The fraction of sp³-hybridized carbons (Fsp3) is 0.0667. The maximum Gasteiger partial charge on any atom is 0.264 e. The van der Waals surface area contributed by atoms with Crippen LogP contribution in [0, 0.1) is 5.82 Å². The Hall–Kier alpha value is -2.74. The van der Waals surface area contributed by atoms with Crippen LogP contribution in [0.4, 0.5) is 4.39 Å². The van der Waals surface area contributed by atoms with Crippen molar-refractivity contribution < 1.29 is 17.6 Å². The number of nitrogens with zero attached hydrogens (tertiary/aromatic N) is 2. The molecule has 0 atom stereocenters. The Labute approximate surface area is 131 Å². The first kappa shape index (κ1) is 15.2. The van der Waals surface area contributed by atoms with Crippen molar-refractivity contribution in [3.8, 4) is 0 Å². The summed E-state index contributed by atoms with van der Waals surface area (Å²) in [5.41, 5.74) is 0.724. The van der Waals surface area contributed by atoms with E-state index in [1.807, 2.05) is 16.9 Å². The third-order valence-corrected chi connectivity index (χ3v) is 4.61. The summed E-state index contributed by atoms with van der Waals surface area (Å²) < 4.78 is 40.3. The lowest BCUT2D eigenvalue weighted by Gasteiger charge is -2.07. The number of amides is 1. The summed E-state index contributed by atoms with van der Waals surface area (Å²) in [5.74, 6) is -1.29. The molecule has 8 heteroatoms. The van der Waals surface area contributed by atoms with Crippen LogP contribution in [0.3, 0.4) is 0 Å². The number of halogens is 1. The minimum absolute atomic E-state index is 0.183. The van der Waals surface area contributed by atoms with Crippen molar-refractivity contribution in [2.75, 3.05) is 0 Å². The lowest BCUT2D eigenvalue weighted by molar-refractivity contribution is -0.120. The van der Waals surface area contributed by atoms with Gasteiger partial charge in [-0.25, -0.2) is 17.5 Å². The summed E-state index contributed by atoms with van der Waals surface area (Å²) in [4.78, 5) is 11.8. The van der Waals surface area contributed by atoms with Crippen LogP contribution in [0.1, 0.15) is 0 Å². The molecule has 0 spiro atoms. The number of sulfonamides is 1. The average Bonchev–Trinajstić information content (AvgIpc) is 2.90. The fourth-order valence-electron chi connectivity index (χ4n) is 2.14. The molecule has 0 radical (unpaired) electrons. The van der Waals surface area contributed by atoms with E-state index in [9.17, 15) is 17.6 Å². The third kappa shape index (κ3) is 3.21. The Morgan fingerprint density at radius 2 is 1.83 bits per heavy atom. The van der Waals surface area contributed by atoms with Crippen molar-refractivity contribution in [1.29, 1.82) is 0 Å². The second-order valence-electron chi connectivity index (χ2n) is 4.84. The highest BCUT2D eigenvalue weighted by molar-refractivity contribution is 7.90. The van der Waals surface area contributed by atoms with Crippen molar-refractivity contribution in [2.24, 2.45) is 0 Å². The second-order valence-corrected chi connectivity index (χ2v) is 6.53. The highest BCUT2D eigenvalue weighted by atomic mass is 32.2. The molecular formula is C15H12FN3O3S. The van der Waals surface area contributed by atoms with Crippen LogP contribution in [0.25, 0.3) is 10.9 Å². The molecule has 3 rings (SSSR count). The lowest BCUT2D eigenvalue weighted by atomic mass is 10.3. The molecule has 2 aromatic carbocycles. The Kier molecular flexibility index (Phi) is 3.83. The molecule has 0 fully saturated rings. The molecule has 23 heavy (non-hydrogen) atoms. The van der Waals surface area contributed by atoms with Gasteiger partial charge in [-0.3, -0.25) is 9.48 Å². The van der Waals surface area contributed by atoms with Crippen molar-refractivity contribution in [2.45, 2.75) is 11.4 Å². The van der Waals surface area contributed by atoms with Gasteiger partial charge in [0, 0.05) is 5.39 Å². The fourth-order valence-corrected chi connectivity index (χ4v) is 3.12. The molecule has 1 aromatic heterocycles. The molecule has 0 unspecified atom stereocenters. The zero-order valence-corrected chi connectivity index (χ0v) is 12.6. The standard InChI is InChI=1S/C15H12FN3O3S/c16-12-5-7-13(8-6-12)23(21,22)18-15(20)10-19-14-4-2-1-3-11(14)9-17-19/h1-9H,10H2,(H,18,20). The van der Waals surface area contributed by atoms with Gasteiger partial charge in [-0.1, -0.05) is 18.2 Å². The van der Waals surface area contributed by atoms with Crippen LogP contribution < -0.4 is 4.72 Å². The van der Waals surface area contributed by atoms with Gasteiger partial charge in [-0.2, -0.15) is 5.10 Å². The number of para-hydroxylation sites is 1. The van der Waals surface area contributed by atoms with Crippen molar-refractivity contribution >= 4 is 26.8 Å². The van der Waals surface area contributed by atoms with Gasteiger partial charge in [0.1, 0.15) is 12.4 Å². The predicted molar refractivity (Wildman–Crippen MR) is 81.5 cm³/mol. The molecule has 0 aliphatic heterocycles. The summed E-state index contributed by atoms with van der Waals surface area (Å²) in [6.45, 7) is -0.242. The first-order valence-electron chi connectivity index (χ1n) is 6.67. The van der Waals surface area contributed by atoms with Crippen LogP contribution in [0.15, 0.2) is 59.6 Å². The van der Waals surface area contributed by atoms with E-state index in [2.05, 4.69) is 5.10 Å². The minimum atomic E-state index is -4.04. The van der Waals surface area contributed by atoms with E-state index >= 15 is 0 Å². The van der Waals surface area contributed by atoms with E-state index in [1.54, 1.807) is 18.3 Å². The van der Waals surface area contributed by atoms with Gasteiger partial charge >= 0.3 is 0 Å². The number of hydrogen-bond donors (Lipinski definition) is 1. The van der Waals surface area contributed by atoms with Crippen LogP contribution in [-0.4, -0.2) is 24.1 Å². The van der Waals surface area contributed by atoms with Gasteiger partial charge in [0.05, 0.1) is 16.6 Å². The molecule has 0 saturated carbocycles. The summed E-state index contributed by atoms with van der Waals surface area (Å²) in [6.07, 6.45) is 1.59. The first-order chi connectivity index (χ1) is 11.0. The van der Waals surface area contributed by atoms with Crippen LogP contribution in [-0.2, 0) is 21.4 Å². The van der Waals surface area contributed by atoms with Crippen LogP contribution in [0.2, 0.25) is 0 Å². The SMILES string of the molecule is O=C(Cn1ncc2ccccc21)NS(=O)(=O)c1ccc(F)cc1. The maximum absolute atomic E-state index is 12.8. The highest BCUT2D eigenvalue weighted by Crippen LogP contribution is 2.13. The monoisotopic (exact) mass is 333 g/mol. The number of hydrogen-bond acceptors (Lipinski definition) is 4. The zero-order chi connectivity index (χ0) is 16.4. The van der Waals surface area contributed by atoms with E-state index < -0.39 is 21.7 Å².